The number of ether oxygens (including phenoxy) is 1. The monoisotopic (exact) mass is 493 g/mol. The third kappa shape index (κ3) is 4.98. The molecule has 0 spiro atoms. The molecule has 1 atom stereocenters. The van der Waals surface area contributed by atoms with Crippen LogP contribution in [0.1, 0.15) is 19.8 Å². The molecule has 2 aromatic heterocycles. The molecule has 1 amide bonds. The van der Waals surface area contributed by atoms with Crippen LogP contribution in [0.25, 0.3) is 21.5 Å². The summed E-state index contributed by atoms with van der Waals surface area (Å²) in [5.41, 5.74) is 2.60. The lowest BCUT2D eigenvalue weighted by Crippen LogP contribution is -2.41. The summed E-state index contributed by atoms with van der Waals surface area (Å²) in [6, 6.07) is 17.2. The van der Waals surface area contributed by atoms with Crippen molar-refractivity contribution in [1.82, 2.24) is 15.2 Å². The molecule has 0 radical (unpaired) electrons. The van der Waals surface area contributed by atoms with Gasteiger partial charge in [-0.2, -0.15) is 0 Å². The number of carbonyl (C=O) groups excluding carboxylic acids is 1. The van der Waals surface area contributed by atoms with Crippen molar-refractivity contribution in [2.45, 2.75) is 19.8 Å². The minimum atomic E-state index is -0.141. The highest BCUT2D eigenvalue weighted by Gasteiger charge is 2.27. The Morgan fingerprint density at radius 1 is 1.18 bits per heavy atom. The molecule has 5 rings (SSSR count). The van der Waals surface area contributed by atoms with Crippen molar-refractivity contribution in [3.63, 3.8) is 0 Å². The van der Waals surface area contributed by atoms with Crippen molar-refractivity contribution in [3.8, 4) is 17.0 Å². The Bertz CT molecular complexity index is 1290. The number of fused-ring (bicyclic) bond motifs is 1. The lowest BCUT2D eigenvalue weighted by atomic mass is 9.97. The second kappa shape index (κ2) is 9.95. The highest BCUT2D eigenvalue weighted by molar-refractivity contribution is 7.22. The standard InChI is InChI=1S/C25H24ClN5O2S/c1-2-33-19-9-10-21-22(14-19)34-25(27-21)28-24(32)17-4-3-13-31(15-17)23-12-11-20(29-30-23)16-5-7-18(26)8-6-16/h5-12,14,17H,2-4,13,15H2,1H3,(H,27,28,32). The molecule has 1 fully saturated rings. The maximum atomic E-state index is 13.0. The Morgan fingerprint density at radius 3 is 2.79 bits per heavy atom. The molecule has 2 aromatic carbocycles. The van der Waals surface area contributed by atoms with Crippen LogP contribution in [0, 0.1) is 5.92 Å². The van der Waals surface area contributed by atoms with Crippen LogP contribution in [-0.2, 0) is 4.79 Å². The molecule has 1 N–H and O–H groups in total. The summed E-state index contributed by atoms with van der Waals surface area (Å²) in [5.74, 6) is 1.43. The summed E-state index contributed by atoms with van der Waals surface area (Å²) in [6.07, 6.45) is 1.74. The molecule has 0 aliphatic carbocycles. The Hall–Kier alpha value is -3.23. The lowest BCUT2D eigenvalue weighted by Gasteiger charge is -2.32. The number of benzene rings is 2. The van der Waals surface area contributed by atoms with E-state index < -0.39 is 0 Å². The van der Waals surface area contributed by atoms with Crippen molar-refractivity contribution < 1.29 is 9.53 Å². The van der Waals surface area contributed by atoms with E-state index in [0.29, 0.717) is 23.3 Å². The minimum absolute atomic E-state index is 0.0143. The van der Waals surface area contributed by atoms with E-state index in [-0.39, 0.29) is 11.8 Å². The van der Waals surface area contributed by atoms with Crippen molar-refractivity contribution in [3.05, 3.63) is 59.6 Å². The summed E-state index contributed by atoms with van der Waals surface area (Å²) >= 11 is 7.43. The number of carbonyl (C=O) groups is 1. The first-order chi connectivity index (χ1) is 16.6. The van der Waals surface area contributed by atoms with Gasteiger partial charge in [-0.1, -0.05) is 35.1 Å². The van der Waals surface area contributed by atoms with Gasteiger partial charge in [0.25, 0.3) is 0 Å². The summed E-state index contributed by atoms with van der Waals surface area (Å²) in [5, 5.41) is 13.1. The van der Waals surface area contributed by atoms with Gasteiger partial charge in [0.05, 0.1) is 28.4 Å². The zero-order chi connectivity index (χ0) is 23.5. The number of thiazole rings is 1. The lowest BCUT2D eigenvalue weighted by molar-refractivity contribution is -0.120. The first-order valence-corrected chi connectivity index (χ1v) is 12.5. The fourth-order valence-electron chi connectivity index (χ4n) is 4.09. The molecule has 0 saturated carbocycles. The van der Waals surface area contributed by atoms with Crippen LogP contribution in [-0.4, -0.2) is 40.8 Å². The number of anilines is 2. The molecule has 4 aromatic rings. The zero-order valence-corrected chi connectivity index (χ0v) is 20.3. The number of halogens is 1. The molecule has 0 bridgehead atoms. The summed E-state index contributed by atoms with van der Waals surface area (Å²) < 4.78 is 6.55. The first-order valence-electron chi connectivity index (χ1n) is 11.3. The third-order valence-electron chi connectivity index (χ3n) is 5.81. The number of hydrogen-bond donors (Lipinski definition) is 1. The van der Waals surface area contributed by atoms with Gasteiger partial charge in [-0.25, -0.2) is 4.98 Å². The van der Waals surface area contributed by atoms with E-state index in [1.54, 1.807) is 0 Å². The smallest absolute Gasteiger partial charge is 0.231 e. The normalized spacial score (nSPS) is 15.9. The van der Waals surface area contributed by atoms with Gasteiger partial charge in [0.15, 0.2) is 10.9 Å². The summed E-state index contributed by atoms with van der Waals surface area (Å²) in [6.45, 7) is 4.01. The van der Waals surface area contributed by atoms with Gasteiger partial charge >= 0.3 is 0 Å². The topological polar surface area (TPSA) is 80.2 Å². The quantitative estimate of drug-likeness (QED) is 0.373. The molecule has 9 heteroatoms. The molecular weight excluding hydrogens is 470 g/mol. The van der Waals surface area contributed by atoms with Crippen LogP contribution >= 0.6 is 22.9 Å². The molecule has 1 saturated heterocycles. The Kier molecular flexibility index (Phi) is 6.60. The number of nitrogens with zero attached hydrogens (tertiary/aromatic N) is 4. The molecular formula is C25H24ClN5O2S. The number of amides is 1. The van der Waals surface area contributed by atoms with Gasteiger partial charge in [-0.3, -0.25) is 4.79 Å². The van der Waals surface area contributed by atoms with Gasteiger partial charge in [-0.15, -0.1) is 10.2 Å². The molecule has 3 heterocycles. The van der Waals surface area contributed by atoms with Crippen LogP contribution in [0.2, 0.25) is 5.02 Å². The fourth-order valence-corrected chi connectivity index (χ4v) is 5.11. The summed E-state index contributed by atoms with van der Waals surface area (Å²) in [7, 11) is 0. The third-order valence-corrected chi connectivity index (χ3v) is 6.99. The SMILES string of the molecule is CCOc1ccc2nc(NC(=O)C3CCCN(c4ccc(-c5ccc(Cl)cc5)nn4)C3)sc2c1. The van der Waals surface area contributed by atoms with Gasteiger partial charge in [0, 0.05) is 23.7 Å². The predicted octanol–water partition coefficient (Wildman–Crippen LogP) is 5.66. The van der Waals surface area contributed by atoms with Gasteiger partial charge in [0.2, 0.25) is 5.91 Å². The molecule has 1 aliphatic heterocycles. The van der Waals surface area contributed by atoms with Crippen LogP contribution in [0.4, 0.5) is 10.9 Å². The van der Waals surface area contributed by atoms with Gasteiger partial charge in [0.1, 0.15) is 5.75 Å². The van der Waals surface area contributed by atoms with E-state index >= 15 is 0 Å². The van der Waals surface area contributed by atoms with E-state index in [0.717, 1.165) is 52.4 Å². The Morgan fingerprint density at radius 2 is 2.03 bits per heavy atom. The minimum Gasteiger partial charge on any atom is -0.494 e. The van der Waals surface area contributed by atoms with Crippen molar-refractivity contribution in [1.29, 1.82) is 0 Å². The van der Waals surface area contributed by atoms with Crippen molar-refractivity contribution >= 4 is 50.0 Å². The maximum Gasteiger partial charge on any atom is 0.231 e. The molecule has 174 valence electrons. The zero-order valence-electron chi connectivity index (χ0n) is 18.7. The highest BCUT2D eigenvalue weighted by atomic mass is 35.5. The van der Waals surface area contributed by atoms with E-state index in [4.69, 9.17) is 16.3 Å². The second-order valence-corrected chi connectivity index (χ2v) is 9.61. The van der Waals surface area contributed by atoms with Crippen LogP contribution in [0.5, 0.6) is 5.75 Å². The average molecular weight is 494 g/mol. The summed E-state index contributed by atoms with van der Waals surface area (Å²) in [4.78, 5) is 19.7. The van der Waals surface area contributed by atoms with E-state index in [1.807, 2.05) is 61.5 Å². The van der Waals surface area contributed by atoms with Gasteiger partial charge in [-0.05, 0) is 62.2 Å². The highest BCUT2D eigenvalue weighted by Crippen LogP contribution is 2.30. The second-order valence-electron chi connectivity index (χ2n) is 8.14. The number of rotatable bonds is 6. The maximum absolute atomic E-state index is 13.0. The van der Waals surface area contributed by atoms with E-state index in [1.165, 1.54) is 11.3 Å². The van der Waals surface area contributed by atoms with Crippen LogP contribution in [0.3, 0.4) is 0 Å². The predicted molar refractivity (Wildman–Crippen MR) is 137 cm³/mol. The number of piperidine rings is 1. The van der Waals surface area contributed by atoms with Crippen molar-refractivity contribution in [2.75, 3.05) is 29.9 Å². The van der Waals surface area contributed by atoms with Crippen LogP contribution in [0.15, 0.2) is 54.6 Å². The Labute approximate surface area is 206 Å². The fraction of sp³-hybridized carbons (Fsp3) is 0.280. The Balaban J connectivity index is 1.24. The van der Waals surface area contributed by atoms with E-state index in [2.05, 4.69) is 25.4 Å². The largest absolute Gasteiger partial charge is 0.494 e. The molecule has 1 aliphatic rings. The van der Waals surface area contributed by atoms with Crippen LogP contribution < -0.4 is 15.0 Å². The first kappa shape index (κ1) is 22.6. The molecule has 1 unspecified atom stereocenters. The molecule has 34 heavy (non-hydrogen) atoms. The van der Waals surface area contributed by atoms with E-state index in [9.17, 15) is 4.79 Å². The molecule has 7 nitrogen and oxygen atoms in total. The van der Waals surface area contributed by atoms with Crippen molar-refractivity contribution in [2.24, 2.45) is 5.92 Å². The number of aromatic nitrogens is 3. The number of hydrogen-bond acceptors (Lipinski definition) is 7. The number of nitrogens with one attached hydrogen (secondary N) is 1. The average Bonchev–Trinajstić information content (AvgIpc) is 3.26. The van der Waals surface area contributed by atoms with Gasteiger partial charge < -0.3 is 15.0 Å².